The summed E-state index contributed by atoms with van der Waals surface area (Å²) in [5, 5.41) is 6.73. The van der Waals surface area contributed by atoms with E-state index >= 15 is 0 Å². The fraction of sp³-hybridized carbons (Fsp3) is 0.0377. The highest BCUT2D eigenvalue weighted by Crippen LogP contribution is 2.48. The Kier molecular flexibility index (Phi) is 7.29. The molecule has 0 spiro atoms. The lowest BCUT2D eigenvalue weighted by molar-refractivity contribution is 0.269. The average Bonchev–Trinajstić information content (AvgIpc) is 3.88. The number of nitrogens with zero attached hydrogens (tertiary/aromatic N) is 3. The molecular formula is C53H33N3O2. The summed E-state index contributed by atoms with van der Waals surface area (Å²) in [6, 6.07) is 57.1. The molecule has 10 aromatic rings. The van der Waals surface area contributed by atoms with Gasteiger partial charge in [0.2, 0.25) is 0 Å². The molecule has 2 aromatic heterocycles. The van der Waals surface area contributed by atoms with E-state index < -0.39 is 0 Å². The first-order chi connectivity index (χ1) is 28.8. The average molecular weight is 744 g/mol. The van der Waals surface area contributed by atoms with Gasteiger partial charge in [0.25, 0.3) is 0 Å². The number of rotatable bonds is 5. The van der Waals surface area contributed by atoms with Crippen molar-refractivity contribution in [1.29, 1.82) is 0 Å². The molecular weight excluding hydrogens is 711 g/mol. The lowest BCUT2D eigenvalue weighted by Crippen LogP contribution is -2.16. The number of benzene rings is 8. The van der Waals surface area contributed by atoms with Crippen molar-refractivity contribution in [3.63, 3.8) is 0 Å². The smallest absolute Gasteiger partial charge is 0.164 e. The van der Waals surface area contributed by atoms with Gasteiger partial charge in [0.05, 0.1) is 0 Å². The van der Waals surface area contributed by atoms with Crippen LogP contribution in [0.3, 0.4) is 0 Å². The number of hydrogen-bond acceptors (Lipinski definition) is 5. The zero-order chi connectivity index (χ0) is 38.2. The second-order valence-corrected chi connectivity index (χ2v) is 15.0. The van der Waals surface area contributed by atoms with Gasteiger partial charge in [0.1, 0.15) is 23.0 Å². The fourth-order valence-corrected chi connectivity index (χ4v) is 9.08. The largest absolute Gasteiger partial charge is 0.485 e. The standard InChI is InChI=1S/C53H33N3O2/c1-2-15-33(16-3-1)51-54-52(56-53(55-51)44-24-13-27-47-48(44)42-21-8-10-25-45(42)57-47)41-31-28-38(36-19-6-7-20-37(36)41)39-29-30-40(35-23-12-17-32-14-4-5-18-34(32)35)50-49(39)43-22-9-11-26-46(43)58-50/h1-31,42,45H. The van der Waals surface area contributed by atoms with E-state index in [0.717, 1.165) is 83.0 Å². The van der Waals surface area contributed by atoms with E-state index in [1.807, 2.05) is 36.4 Å². The van der Waals surface area contributed by atoms with Crippen molar-refractivity contribution in [1.82, 2.24) is 15.0 Å². The van der Waals surface area contributed by atoms with Gasteiger partial charge in [-0.3, -0.25) is 0 Å². The summed E-state index contributed by atoms with van der Waals surface area (Å²) in [7, 11) is 0. The van der Waals surface area contributed by atoms with Crippen molar-refractivity contribution in [3.8, 4) is 62.2 Å². The molecule has 0 fully saturated rings. The lowest BCUT2D eigenvalue weighted by Gasteiger charge is -2.17. The van der Waals surface area contributed by atoms with Crippen LogP contribution in [0.15, 0.2) is 193 Å². The highest BCUT2D eigenvalue weighted by atomic mass is 16.5. The van der Waals surface area contributed by atoms with E-state index in [4.69, 9.17) is 24.1 Å². The topological polar surface area (TPSA) is 61.0 Å². The quantitative estimate of drug-likeness (QED) is 0.176. The summed E-state index contributed by atoms with van der Waals surface area (Å²) >= 11 is 0. The number of para-hydroxylation sites is 1. The summed E-state index contributed by atoms with van der Waals surface area (Å²) in [4.78, 5) is 15.6. The van der Waals surface area contributed by atoms with Crippen LogP contribution in [0.1, 0.15) is 11.5 Å². The number of allylic oxidation sites excluding steroid dienone is 2. The van der Waals surface area contributed by atoms with Gasteiger partial charge >= 0.3 is 0 Å². The predicted molar refractivity (Wildman–Crippen MR) is 235 cm³/mol. The molecule has 5 nitrogen and oxygen atoms in total. The molecule has 0 saturated heterocycles. The van der Waals surface area contributed by atoms with Gasteiger partial charge < -0.3 is 9.15 Å². The predicted octanol–water partition coefficient (Wildman–Crippen LogP) is 13.4. The highest BCUT2D eigenvalue weighted by molar-refractivity contribution is 6.20. The second kappa shape index (κ2) is 13.0. The third-order valence-corrected chi connectivity index (χ3v) is 11.7. The van der Waals surface area contributed by atoms with E-state index in [0.29, 0.717) is 17.5 Å². The maximum atomic E-state index is 6.79. The molecule has 12 rings (SSSR count). The summed E-state index contributed by atoms with van der Waals surface area (Å²) in [5.74, 6) is 2.81. The van der Waals surface area contributed by atoms with Crippen LogP contribution in [0.5, 0.6) is 5.75 Å². The number of ether oxygens (including phenoxy) is 1. The first-order valence-corrected chi connectivity index (χ1v) is 19.7. The molecule has 8 aromatic carbocycles. The van der Waals surface area contributed by atoms with Crippen LogP contribution in [0, 0.1) is 0 Å². The Morgan fingerprint density at radius 2 is 1.02 bits per heavy atom. The molecule has 2 unspecified atom stereocenters. The summed E-state index contributed by atoms with van der Waals surface area (Å²) in [6.07, 6.45) is 8.42. The van der Waals surface area contributed by atoms with Gasteiger partial charge in [-0.1, -0.05) is 158 Å². The number of furan rings is 1. The van der Waals surface area contributed by atoms with Gasteiger partial charge in [-0.25, -0.2) is 15.0 Å². The molecule has 0 bridgehead atoms. The molecule has 0 saturated carbocycles. The van der Waals surface area contributed by atoms with Crippen molar-refractivity contribution in [2.24, 2.45) is 0 Å². The molecule has 0 radical (unpaired) electrons. The van der Waals surface area contributed by atoms with Crippen LogP contribution < -0.4 is 4.74 Å². The van der Waals surface area contributed by atoms with Crippen LogP contribution in [0.25, 0.3) is 99.9 Å². The molecule has 58 heavy (non-hydrogen) atoms. The summed E-state index contributed by atoms with van der Waals surface area (Å²) < 4.78 is 13.2. The normalized spacial score (nSPS) is 15.6. The second-order valence-electron chi connectivity index (χ2n) is 15.0. The van der Waals surface area contributed by atoms with Gasteiger partial charge in [0, 0.05) is 44.5 Å². The van der Waals surface area contributed by atoms with Gasteiger partial charge in [-0.15, -0.1) is 0 Å². The van der Waals surface area contributed by atoms with E-state index in [-0.39, 0.29) is 12.0 Å². The molecule has 5 heteroatoms. The van der Waals surface area contributed by atoms with E-state index in [9.17, 15) is 0 Å². The Morgan fingerprint density at radius 3 is 1.90 bits per heavy atom. The van der Waals surface area contributed by atoms with Gasteiger partial charge in [-0.05, 0) is 68.6 Å². The molecule has 1 aliphatic carbocycles. The number of fused-ring (bicyclic) bond motifs is 8. The Balaban J connectivity index is 1.07. The first-order valence-electron chi connectivity index (χ1n) is 19.7. The van der Waals surface area contributed by atoms with Gasteiger partial charge in [-0.2, -0.15) is 0 Å². The number of aromatic nitrogens is 3. The van der Waals surface area contributed by atoms with Crippen molar-refractivity contribution < 1.29 is 9.15 Å². The minimum atomic E-state index is -0.0487. The Morgan fingerprint density at radius 1 is 0.414 bits per heavy atom. The molecule has 1 aliphatic heterocycles. The van der Waals surface area contributed by atoms with Crippen LogP contribution in [0.4, 0.5) is 0 Å². The van der Waals surface area contributed by atoms with Crippen LogP contribution in [-0.2, 0) is 0 Å². The van der Waals surface area contributed by atoms with E-state index in [1.165, 1.54) is 10.8 Å². The maximum Gasteiger partial charge on any atom is 0.164 e. The third-order valence-electron chi connectivity index (χ3n) is 11.7. The van der Waals surface area contributed by atoms with Crippen molar-refractivity contribution in [3.05, 3.63) is 194 Å². The zero-order valence-corrected chi connectivity index (χ0v) is 31.2. The van der Waals surface area contributed by atoms with E-state index in [2.05, 4.69) is 152 Å². The minimum absolute atomic E-state index is 0.0487. The molecule has 272 valence electrons. The van der Waals surface area contributed by atoms with Crippen molar-refractivity contribution >= 4 is 43.5 Å². The molecule has 3 heterocycles. The van der Waals surface area contributed by atoms with Crippen molar-refractivity contribution in [2.75, 3.05) is 0 Å². The van der Waals surface area contributed by atoms with Crippen LogP contribution in [0.2, 0.25) is 0 Å². The SMILES string of the molecule is C1=CC2Oc3cccc(-c4nc(-c5ccccc5)nc(-c5ccc(-c6ccc(-c7cccc8ccccc78)c7oc8ccccc8c67)c6ccccc56)n4)c3C2C=C1. The zero-order valence-electron chi connectivity index (χ0n) is 31.2. The van der Waals surface area contributed by atoms with Gasteiger partial charge in [0.15, 0.2) is 17.5 Å². The third kappa shape index (κ3) is 5.07. The molecule has 2 atom stereocenters. The first kappa shape index (κ1) is 32.6. The molecule has 0 amide bonds. The maximum absolute atomic E-state index is 6.79. The van der Waals surface area contributed by atoms with E-state index in [1.54, 1.807) is 0 Å². The monoisotopic (exact) mass is 743 g/mol. The fourth-order valence-electron chi connectivity index (χ4n) is 9.08. The summed E-state index contributed by atoms with van der Waals surface area (Å²) in [5.41, 5.74) is 10.1. The Labute approximate surface area is 334 Å². The van der Waals surface area contributed by atoms with Crippen LogP contribution >= 0.6 is 0 Å². The minimum Gasteiger partial charge on any atom is -0.485 e. The number of hydrogen-bond donors (Lipinski definition) is 0. The lowest BCUT2D eigenvalue weighted by atomic mass is 9.88. The molecule has 2 aliphatic rings. The highest BCUT2D eigenvalue weighted by Gasteiger charge is 2.35. The Hall–Kier alpha value is -7.63. The molecule has 0 N–H and O–H groups in total. The van der Waals surface area contributed by atoms with Crippen LogP contribution in [-0.4, -0.2) is 21.1 Å². The Bertz CT molecular complexity index is 3340. The van der Waals surface area contributed by atoms with Crippen molar-refractivity contribution in [2.45, 2.75) is 12.0 Å². The summed E-state index contributed by atoms with van der Waals surface area (Å²) in [6.45, 7) is 0.